The molecule has 2 unspecified atom stereocenters. The molecular weight excluding hydrogens is 317 g/mol. The van der Waals surface area contributed by atoms with Crippen molar-refractivity contribution in [3.8, 4) is 10.4 Å². The maximum atomic E-state index is 13.0. The third-order valence-corrected chi connectivity index (χ3v) is 5.52. The maximum absolute atomic E-state index is 13.0. The molecule has 120 valence electrons. The average Bonchev–Trinajstić information content (AvgIpc) is 3.02. The standard InChI is InChI=1S/C17H22FNOS2/c1-12(19-15(11-20)9-10-21-2)16-7-8-17(22-16)13-3-5-14(18)6-4-13/h3-8,12,15,19-20H,9-11H2,1-2H3. The molecule has 2 N–H and O–H groups in total. The van der Waals surface area contributed by atoms with Crippen LogP contribution in [0.4, 0.5) is 4.39 Å². The zero-order chi connectivity index (χ0) is 15.9. The minimum atomic E-state index is -0.213. The Labute approximate surface area is 139 Å². The van der Waals surface area contributed by atoms with E-state index in [1.54, 1.807) is 35.2 Å². The third kappa shape index (κ3) is 4.81. The van der Waals surface area contributed by atoms with Crippen LogP contribution in [0.3, 0.4) is 0 Å². The molecule has 1 aromatic carbocycles. The summed E-state index contributed by atoms with van der Waals surface area (Å²) < 4.78 is 13.0. The van der Waals surface area contributed by atoms with Crippen molar-refractivity contribution in [2.75, 3.05) is 18.6 Å². The van der Waals surface area contributed by atoms with Crippen LogP contribution in [0.1, 0.15) is 24.3 Å². The summed E-state index contributed by atoms with van der Waals surface area (Å²) >= 11 is 3.50. The fraction of sp³-hybridized carbons (Fsp3) is 0.412. The average molecular weight is 340 g/mol. The van der Waals surface area contributed by atoms with Crippen molar-refractivity contribution in [2.24, 2.45) is 0 Å². The summed E-state index contributed by atoms with van der Waals surface area (Å²) in [6.45, 7) is 2.27. The van der Waals surface area contributed by atoms with Crippen LogP contribution in [-0.2, 0) is 0 Å². The lowest BCUT2D eigenvalue weighted by atomic mass is 10.1. The predicted octanol–water partition coefficient (Wildman–Crippen LogP) is 4.32. The Morgan fingerprint density at radius 3 is 2.59 bits per heavy atom. The molecule has 5 heteroatoms. The fourth-order valence-electron chi connectivity index (χ4n) is 2.28. The van der Waals surface area contributed by atoms with E-state index in [-0.39, 0.29) is 24.5 Å². The third-order valence-electron chi connectivity index (χ3n) is 3.56. The molecule has 22 heavy (non-hydrogen) atoms. The van der Waals surface area contributed by atoms with E-state index >= 15 is 0 Å². The molecule has 1 heterocycles. The second kappa shape index (κ2) is 8.67. The number of benzene rings is 1. The SMILES string of the molecule is CSCCC(CO)NC(C)c1ccc(-c2ccc(F)cc2)s1. The van der Waals surface area contributed by atoms with Gasteiger partial charge in [0, 0.05) is 21.8 Å². The summed E-state index contributed by atoms with van der Waals surface area (Å²) in [5.41, 5.74) is 1.03. The highest BCUT2D eigenvalue weighted by Crippen LogP contribution is 2.31. The highest BCUT2D eigenvalue weighted by molar-refractivity contribution is 7.98. The van der Waals surface area contributed by atoms with Gasteiger partial charge in [-0.05, 0) is 55.2 Å². The lowest BCUT2D eigenvalue weighted by Crippen LogP contribution is -2.34. The van der Waals surface area contributed by atoms with Gasteiger partial charge in [-0.25, -0.2) is 4.39 Å². The fourth-order valence-corrected chi connectivity index (χ4v) is 3.82. The Morgan fingerprint density at radius 2 is 1.95 bits per heavy atom. The van der Waals surface area contributed by atoms with Crippen molar-refractivity contribution >= 4 is 23.1 Å². The van der Waals surface area contributed by atoms with E-state index < -0.39 is 0 Å². The lowest BCUT2D eigenvalue weighted by Gasteiger charge is -2.20. The molecule has 0 saturated heterocycles. The Balaban J connectivity index is 2.02. The number of halogens is 1. The first-order chi connectivity index (χ1) is 10.6. The number of hydrogen-bond donors (Lipinski definition) is 2. The quantitative estimate of drug-likeness (QED) is 0.751. The lowest BCUT2D eigenvalue weighted by molar-refractivity contribution is 0.231. The molecule has 0 radical (unpaired) electrons. The summed E-state index contributed by atoms with van der Waals surface area (Å²) in [5, 5.41) is 12.9. The molecule has 0 spiro atoms. The van der Waals surface area contributed by atoms with Crippen LogP contribution in [-0.4, -0.2) is 29.8 Å². The van der Waals surface area contributed by atoms with E-state index in [0.29, 0.717) is 0 Å². The Kier molecular flexibility index (Phi) is 6.89. The van der Waals surface area contributed by atoms with Crippen LogP contribution in [0.25, 0.3) is 10.4 Å². The molecule has 2 atom stereocenters. The second-order valence-corrected chi connectivity index (χ2v) is 7.36. The molecule has 0 saturated carbocycles. The predicted molar refractivity (Wildman–Crippen MR) is 95.1 cm³/mol. The summed E-state index contributed by atoms with van der Waals surface area (Å²) in [5.74, 6) is 0.825. The first-order valence-electron chi connectivity index (χ1n) is 7.35. The van der Waals surface area contributed by atoms with Gasteiger partial charge in [-0.15, -0.1) is 11.3 Å². The number of thioether (sulfide) groups is 1. The molecule has 2 rings (SSSR count). The van der Waals surface area contributed by atoms with Crippen LogP contribution < -0.4 is 5.32 Å². The molecule has 2 aromatic rings. The summed E-state index contributed by atoms with van der Waals surface area (Å²) in [7, 11) is 0. The van der Waals surface area contributed by atoms with Gasteiger partial charge in [0.05, 0.1) is 6.61 Å². The molecule has 0 fully saturated rings. The van der Waals surface area contributed by atoms with Gasteiger partial charge in [0.15, 0.2) is 0 Å². The number of thiophene rings is 1. The van der Waals surface area contributed by atoms with Crippen molar-refractivity contribution in [3.63, 3.8) is 0 Å². The molecular formula is C17H22FNOS2. The minimum absolute atomic E-state index is 0.124. The van der Waals surface area contributed by atoms with E-state index in [9.17, 15) is 9.50 Å². The Bertz CT molecular complexity index is 570. The first kappa shape index (κ1) is 17.5. The number of rotatable bonds is 8. The van der Waals surface area contributed by atoms with Gasteiger partial charge in [-0.2, -0.15) is 11.8 Å². The number of aliphatic hydroxyl groups excluding tert-OH is 1. The number of hydrogen-bond acceptors (Lipinski definition) is 4. The van der Waals surface area contributed by atoms with Gasteiger partial charge >= 0.3 is 0 Å². The highest BCUT2D eigenvalue weighted by atomic mass is 32.2. The normalized spacial score (nSPS) is 14.0. The van der Waals surface area contributed by atoms with Gasteiger partial charge in [0.1, 0.15) is 5.82 Å². The van der Waals surface area contributed by atoms with Gasteiger partial charge in [-0.1, -0.05) is 12.1 Å². The molecule has 0 aliphatic carbocycles. The Morgan fingerprint density at radius 1 is 1.23 bits per heavy atom. The second-order valence-electron chi connectivity index (χ2n) is 5.26. The topological polar surface area (TPSA) is 32.3 Å². The van der Waals surface area contributed by atoms with Crippen LogP contribution in [0.15, 0.2) is 36.4 Å². The van der Waals surface area contributed by atoms with Crippen LogP contribution in [0.2, 0.25) is 0 Å². The van der Waals surface area contributed by atoms with Crippen molar-refractivity contribution < 1.29 is 9.50 Å². The minimum Gasteiger partial charge on any atom is -0.395 e. The van der Waals surface area contributed by atoms with Crippen LogP contribution >= 0.6 is 23.1 Å². The summed E-state index contributed by atoms with van der Waals surface area (Å²) in [6, 6.07) is 11.1. The molecule has 2 nitrogen and oxygen atoms in total. The van der Waals surface area contributed by atoms with Crippen molar-refractivity contribution in [1.82, 2.24) is 5.32 Å². The van der Waals surface area contributed by atoms with Gasteiger partial charge < -0.3 is 10.4 Å². The van der Waals surface area contributed by atoms with Crippen LogP contribution in [0, 0.1) is 5.82 Å². The number of nitrogens with one attached hydrogen (secondary N) is 1. The zero-order valence-electron chi connectivity index (χ0n) is 12.9. The van der Waals surface area contributed by atoms with E-state index in [2.05, 4.69) is 30.6 Å². The van der Waals surface area contributed by atoms with Gasteiger partial charge in [0.2, 0.25) is 0 Å². The molecule has 0 aliphatic rings. The summed E-state index contributed by atoms with van der Waals surface area (Å²) in [4.78, 5) is 2.36. The van der Waals surface area contributed by atoms with E-state index in [1.807, 2.05) is 0 Å². The molecule has 0 aliphatic heterocycles. The first-order valence-corrected chi connectivity index (χ1v) is 9.56. The maximum Gasteiger partial charge on any atom is 0.123 e. The zero-order valence-corrected chi connectivity index (χ0v) is 14.5. The molecule has 0 bridgehead atoms. The monoisotopic (exact) mass is 339 g/mol. The van der Waals surface area contributed by atoms with E-state index in [1.165, 1.54) is 17.0 Å². The number of aliphatic hydroxyl groups is 1. The summed E-state index contributed by atoms with van der Waals surface area (Å²) in [6.07, 6.45) is 3.03. The van der Waals surface area contributed by atoms with Crippen molar-refractivity contribution in [3.05, 3.63) is 47.1 Å². The van der Waals surface area contributed by atoms with Gasteiger partial charge in [0.25, 0.3) is 0 Å². The van der Waals surface area contributed by atoms with Gasteiger partial charge in [-0.3, -0.25) is 0 Å². The largest absolute Gasteiger partial charge is 0.395 e. The van der Waals surface area contributed by atoms with E-state index in [4.69, 9.17) is 0 Å². The molecule has 0 amide bonds. The van der Waals surface area contributed by atoms with Crippen molar-refractivity contribution in [2.45, 2.75) is 25.4 Å². The van der Waals surface area contributed by atoms with E-state index in [0.717, 1.165) is 22.6 Å². The van der Waals surface area contributed by atoms with Crippen molar-refractivity contribution in [1.29, 1.82) is 0 Å². The van der Waals surface area contributed by atoms with Crippen LogP contribution in [0.5, 0.6) is 0 Å². The molecule has 1 aromatic heterocycles. The Hall–Kier alpha value is -0.880. The smallest absolute Gasteiger partial charge is 0.123 e. The highest BCUT2D eigenvalue weighted by Gasteiger charge is 2.14.